The van der Waals surface area contributed by atoms with Crippen molar-refractivity contribution in [1.82, 2.24) is 15.1 Å². The molecule has 1 aromatic rings. The van der Waals surface area contributed by atoms with E-state index in [9.17, 15) is 14.0 Å². The van der Waals surface area contributed by atoms with Gasteiger partial charge < -0.3 is 19.9 Å². The molecule has 158 valence electrons. The summed E-state index contributed by atoms with van der Waals surface area (Å²) in [7, 11) is 0. The molecule has 2 saturated heterocycles. The van der Waals surface area contributed by atoms with E-state index >= 15 is 0 Å². The van der Waals surface area contributed by atoms with Crippen LogP contribution in [0.2, 0.25) is 0 Å². The lowest BCUT2D eigenvalue weighted by Crippen LogP contribution is -2.50. The molecule has 4 rings (SSSR count). The van der Waals surface area contributed by atoms with Crippen LogP contribution in [0, 0.1) is 17.7 Å². The molecule has 2 heterocycles. The SMILES string of the molecule is O=C(NC(c1ccc(F)cc1)C1CCC1)N1CCC(C(=O)N2CCOCC2)CC1. The van der Waals surface area contributed by atoms with Crippen LogP contribution in [0.1, 0.15) is 43.7 Å². The second kappa shape index (κ2) is 9.11. The standard InChI is InChI=1S/C22H30FN3O3/c23-19-6-4-17(5-7-19)20(16-2-1-3-16)24-22(28)26-10-8-18(9-11-26)21(27)25-12-14-29-15-13-25/h4-7,16,18,20H,1-3,8-15H2,(H,24,28). The quantitative estimate of drug-likeness (QED) is 0.841. The van der Waals surface area contributed by atoms with Crippen LogP contribution in [0.5, 0.6) is 0 Å². The minimum atomic E-state index is -0.264. The molecule has 1 unspecified atom stereocenters. The van der Waals surface area contributed by atoms with Crippen LogP contribution in [-0.2, 0) is 9.53 Å². The van der Waals surface area contributed by atoms with Crippen molar-refractivity contribution in [2.45, 2.75) is 38.1 Å². The molecule has 2 aliphatic heterocycles. The van der Waals surface area contributed by atoms with Gasteiger partial charge in [-0.15, -0.1) is 0 Å². The minimum Gasteiger partial charge on any atom is -0.378 e. The van der Waals surface area contributed by atoms with E-state index in [1.807, 2.05) is 9.80 Å². The number of hydrogen-bond donors (Lipinski definition) is 1. The van der Waals surface area contributed by atoms with Crippen molar-refractivity contribution < 1.29 is 18.7 Å². The number of morpholine rings is 1. The number of amides is 3. The molecule has 7 heteroatoms. The summed E-state index contributed by atoms with van der Waals surface area (Å²) in [5.74, 6) is 0.341. The van der Waals surface area contributed by atoms with Crippen LogP contribution in [0.4, 0.5) is 9.18 Å². The van der Waals surface area contributed by atoms with Gasteiger partial charge in [-0.25, -0.2) is 9.18 Å². The fourth-order valence-electron chi connectivity index (χ4n) is 4.51. The molecular formula is C22H30FN3O3. The van der Waals surface area contributed by atoms with E-state index in [-0.39, 0.29) is 29.7 Å². The van der Waals surface area contributed by atoms with E-state index in [0.29, 0.717) is 58.2 Å². The molecule has 3 aliphatic rings. The Morgan fingerprint density at radius 1 is 0.966 bits per heavy atom. The van der Waals surface area contributed by atoms with Crippen molar-refractivity contribution in [1.29, 1.82) is 0 Å². The van der Waals surface area contributed by atoms with Crippen LogP contribution in [0.3, 0.4) is 0 Å². The Hall–Kier alpha value is -2.15. The summed E-state index contributed by atoms with van der Waals surface area (Å²) < 4.78 is 18.6. The number of carbonyl (C=O) groups is 2. The monoisotopic (exact) mass is 403 g/mol. The lowest BCUT2D eigenvalue weighted by Gasteiger charge is -2.38. The maximum absolute atomic E-state index is 13.3. The molecule has 1 aliphatic carbocycles. The number of piperidine rings is 1. The Bertz CT molecular complexity index is 709. The first-order valence-electron chi connectivity index (χ1n) is 10.8. The predicted molar refractivity (Wildman–Crippen MR) is 107 cm³/mol. The fourth-order valence-corrected chi connectivity index (χ4v) is 4.51. The lowest BCUT2D eigenvalue weighted by molar-refractivity contribution is -0.141. The van der Waals surface area contributed by atoms with Gasteiger partial charge in [0, 0.05) is 32.1 Å². The number of carbonyl (C=O) groups excluding carboxylic acids is 2. The van der Waals surface area contributed by atoms with Gasteiger partial charge in [-0.05, 0) is 49.3 Å². The van der Waals surface area contributed by atoms with E-state index in [4.69, 9.17) is 4.74 Å². The second-order valence-corrected chi connectivity index (χ2v) is 8.37. The second-order valence-electron chi connectivity index (χ2n) is 8.37. The fraction of sp³-hybridized carbons (Fsp3) is 0.636. The normalized spacial score (nSPS) is 22.1. The largest absolute Gasteiger partial charge is 0.378 e. The zero-order valence-electron chi connectivity index (χ0n) is 16.8. The molecule has 6 nitrogen and oxygen atoms in total. The number of benzene rings is 1. The van der Waals surface area contributed by atoms with Crippen molar-refractivity contribution in [3.8, 4) is 0 Å². The highest BCUT2D eigenvalue weighted by molar-refractivity contribution is 5.80. The van der Waals surface area contributed by atoms with Crippen molar-refractivity contribution in [2.75, 3.05) is 39.4 Å². The van der Waals surface area contributed by atoms with Crippen molar-refractivity contribution >= 4 is 11.9 Å². The molecule has 1 saturated carbocycles. The van der Waals surface area contributed by atoms with Gasteiger partial charge in [0.1, 0.15) is 5.82 Å². The van der Waals surface area contributed by atoms with Crippen molar-refractivity contribution in [2.24, 2.45) is 11.8 Å². The first kappa shape index (κ1) is 20.1. The highest BCUT2D eigenvalue weighted by Gasteiger charge is 2.34. The van der Waals surface area contributed by atoms with Gasteiger partial charge in [0.25, 0.3) is 0 Å². The van der Waals surface area contributed by atoms with Gasteiger partial charge >= 0.3 is 6.03 Å². The lowest BCUT2D eigenvalue weighted by atomic mass is 9.77. The van der Waals surface area contributed by atoms with Gasteiger partial charge in [-0.3, -0.25) is 4.79 Å². The molecule has 0 radical (unpaired) electrons. The highest BCUT2D eigenvalue weighted by atomic mass is 19.1. The number of hydrogen-bond acceptors (Lipinski definition) is 3. The Morgan fingerprint density at radius 2 is 1.62 bits per heavy atom. The molecule has 29 heavy (non-hydrogen) atoms. The van der Waals surface area contributed by atoms with E-state index in [1.165, 1.54) is 18.6 Å². The molecule has 1 atom stereocenters. The van der Waals surface area contributed by atoms with Crippen LogP contribution in [-0.4, -0.2) is 61.1 Å². The van der Waals surface area contributed by atoms with E-state index in [0.717, 1.165) is 18.4 Å². The van der Waals surface area contributed by atoms with E-state index in [2.05, 4.69) is 5.32 Å². The average molecular weight is 403 g/mol. The van der Waals surface area contributed by atoms with Gasteiger partial charge in [0.05, 0.1) is 19.3 Å². The smallest absolute Gasteiger partial charge is 0.317 e. The Kier molecular flexibility index (Phi) is 6.33. The molecule has 0 spiro atoms. The van der Waals surface area contributed by atoms with E-state index < -0.39 is 0 Å². The highest BCUT2D eigenvalue weighted by Crippen LogP contribution is 2.38. The summed E-state index contributed by atoms with van der Waals surface area (Å²) in [6.45, 7) is 3.74. The summed E-state index contributed by atoms with van der Waals surface area (Å²) in [6, 6.07) is 6.29. The van der Waals surface area contributed by atoms with Gasteiger partial charge in [0.2, 0.25) is 5.91 Å². The van der Waals surface area contributed by atoms with Crippen LogP contribution in [0.25, 0.3) is 0 Å². The Labute approximate surface area is 171 Å². The number of halogens is 1. The molecule has 3 fully saturated rings. The third-order valence-corrected chi connectivity index (χ3v) is 6.58. The van der Waals surface area contributed by atoms with Gasteiger partial charge in [0.15, 0.2) is 0 Å². The van der Waals surface area contributed by atoms with Crippen LogP contribution >= 0.6 is 0 Å². The Balaban J connectivity index is 1.32. The molecular weight excluding hydrogens is 373 g/mol. The van der Waals surface area contributed by atoms with Gasteiger partial charge in [-0.1, -0.05) is 18.6 Å². The summed E-state index contributed by atoms with van der Waals surface area (Å²) >= 11 is 0. The third-order valence-electron chi connectivity index (χ3n) is 6.58. The molecule has 1 N–H and O–H groups in total. The van der Waals surface area contributed by atoms with Crippen LogP contribution in [0.15, 0.2) is 24.3 Å². The predicted octanol–water partition coefficient (Wildman–Crippen LogP) is 2.95. The summed E-state index contributed by atoms with van der Waals surface area (Å²) in [5.41, 5.74) is 0.960. The molecule has 1 aromatic carbocycles. The number of rotatable bonds is 4. The third kappa shape index (κ3) is 4.71. The van der Waals surface area contributed by atoms with Crippen molar-refractivity contribution in [3.05, 3.63) is 35.6 Å². The first-order chi connectivity index (χ1) is 14.1. The minimum absolute atomic E-state index is 0.00308. The van der Waals surface area contributed by atoms with Gasteiger partial charge in [-0.2, -0.15) is 0 Å². The molecule has 0 bridgehead atoms. The molecule has 3 amide bonds. The maximum atomic E-state index is 13.3. The number of nitrogens with one attached hydrogen (secondary N) is 1. The zero-order valence-corrected chi connectivity index (χ0v) is 16.8. The number of nitrogens with zero attached hydrogens (tertiary/aromatic N) is 2. The summed E-state index contributed by atoms with van der Waals surface area (Å²) in [4.78, 5) is 29.3. The topological polar surface area (TPSA) is 61.9 Å². The zero-order chi connectivity index (χ0) is 20.2. The summed E-state index contributed by atoms with van der Waals surface area (Å²) in [5, 5.41) is 3.18. The number of likely N-dealkylation sites (tertiary alicyclic amines) is 1. The first-order valence-corrected chi connectivity index (χ1v) is 10.8. The number of urea groups is 1. The average Bonchev–Trinajstić information content (AvgIpc) is 2.73. The maximum Gasteiger partial charge on any atom is 0.317 e. The number of ether oxygens (including phenoxy) is 1. The molecule has 0 aromatic heterocycles. The Morgan fingerprint density at radius 3 is 2.21 bits per heavy atom. The van der Waals surface area contributed by atoms with Crippen LogP contribution < -0.4 is 5.32 Å². The van der Waals surface area contributed by atoms with E-state index in [1.54, 1.807) is 12.1 Å². The summed E-state index contributed by atoms with van der Waals surface area (Å²) in [6.07, 6.45) is 4.74. The van der Waals surface area contributed by atoms with Crippen molar-refractivity contribution in [3.63, 3.8) is 0 Å².